The number of aromatic nitrogens is 4. The first kappa shape index (κ1) is 20.0. The molecule has 0 aliphatic rings. The molecule has 154 valence electrons. The summed E-state index contributed by atoms with van der Waals surface area (Å²) in [6.45, 7) is 4.11. The van der Waals surface area contributed by atoms with Gasteiger partial charge in [0.05, 0.1) is 5.02 Å². The number of carboxylic acid groups (broad SMARTS) is 1. The topological polar surface area (TPSA) is 93.5 Å². The van der Waals surface area contributed by atoms with Gasteiger partial charge in [0.2, 0.25) is 5.82 Å². The number of nitrogens with zero attached hydrogens (tertiary/aromatic N) is 4. The molecule has 3 aromatic heterocycles. The lowest BCUT2D eigenvalue weighted by Gasteiger charge is -2.05. The van der Waals surface area contributed by atoms with Crippen molar-refractivity contribution < 1.29 is 18.8 Å². The van der Waals surface area contributed by atoms with Gasteiger partial charge in [-0.05, 0) is 49.1 Å². The normalized spacial score (nSPS) is 11.3. The van der Waals surface area contributed by atoms with Gasteiger partial charge in [-0.3, -0.25) is 4.79 Å². The van der Waals surface area contributed by atoms with Crippen molar-refractivity contribution in [2.45, 2.75) is 33.1 Å². The molecule has 0 aliphatic heterocycles. The van der Waals surface area contributed by atoms with E-state index in [4.69, 9.17) is 21.2 Å². The maximum absolute atomic E-state index is 14.4. The van der Waals surface area contributed by atoms with E-state index < -0.39 is 11.8 Å². The molecule has 30 heavy (non-hydrogen) atoms. The maximum atomic E-state index is 14.4. The van der Waals surface area contributed by atoms with Crippen LogP contribution in [0.4, 0.5) is 4.39 Å². The van der Waals surface area contributed by atoms with Crippen molar-refractivity contribution in [3.05, 3.63) is 58.1 Å². The predicted molar refractivity (Wildman–Crippen MR) is 109 cm³/mol. The van der Waals surface area contributed by atoms with Crippen molar-refractivity contribution >= 4 is 23.2 Å². The van der Waals surface area contributed by atoms with Gasteiger partial charge in [-0.25, -0.2) is 9.37 Å². The fraction of sp³-hybridized carbons (Fsp3) is 0.238. The average Bonchev–Trinajstić information content (AvgIpc) is 3.36. The van der Waals surface area contributed by atoms with Crippen LogP contribution in [-0.2, 0) is 17.6 Å². The molecule has 1 aromatic carbocycles. The Balaban J connectivity index is 1.68. The second kappa shape index (κ2) is 7.87. The highest BCUT2D eigenvalue weighted by Crippen LogP contribution is 2.31. The zero-order valence-electron chi connectivity index (χ0n) is 16.3. The first-order valence-electron chi connectivity index (χ1n) is 9.39. The minimum Gasteiger partial charge on any atom is -0.481 e. The van der Waals surface area contributed by atoms with Crippen LogP contribution in [-0.4, -0.2) is 30.6 Å². The maximum Gasteiger partial charge on any atom is 0.303 e. The van der Waals surface area contributed by atoms with Crippen molar-refractivity contribution in [2.75, 3.05) is 0 Å². The molecule has 3 heterocycles. The summed E-state index contributed by atoms with van der Waals surface area (Å²) < 4.78 is 21.7. The Kier molecular flexibility index (Phi) is 5.26. The van der Waals surface area contributed by atoms with Crippen LogP contribution in [0, 0.1) is 12.7 Å². The van der Waals surface area contributed by atoms with E-state index in [1.165, 1.54) is 17.7 Å². The number of fused-ring (bicyclic) bond motifs is 1. The average molecular weight is 429 g/mol. The van der Waals surface area contributed by atoms with Crippen LogP contribution < -0.4 is 0 Å². The number of imidazole rings is 1. The molecule has 0 fully saturated rings. The number of aliphatic carboxylic acids is 1. The highest BCUT2D eigenvalue weighted by atomic mass is 35.5. The van der Waals surface area contributed by atoms with Gasteiger partial charge < -0.3 is 14.0 Å². The molecule has 0 unspecified atom stereocenters. The number of carbonyl (C=O) groups is 1. The predicted octanol–water partition coefficient (Wildman–Crippen LogP) is 4.73. The Bertz CT molecular complexity index is 1260. The molecule has 0 spiro atoms. The number of benzene rings is 1. The monoisotopic (exact) mass is 428 g/mol. The molecule has 0 amide bonds. The van der Waals surface area contributed by atoms with Crippen LogP contribution in [0.15, 0.2) is 35.0 Å². The summed E-state index contributed by atoms with van der Waals surface area (Å²) in [6.07, 6.45) is 2.58. The molecule has 9 heteroatoms. The van der Waals surface area contributed by atoms with Gasteiger partial charge in [0, 0.05) is 23.9 Å². The van der Waals surface area contributed by atoms with Crippen molar-refractivity contribution in [2.24, 2.45) is 0 Å². The second-order valence-corrected chi connectivity index (χ2v) is 7.30. The van der Waals surface area contributed by atoms with Gasteiger partial charge in [0.25, 0.3) is 5.89 Å². The summed E-state index contributed by atoms with van der Waals surface area (Å²) >= 11 is 6.27. The van der Waals surface area contributed by atoms with E-state index in [0.717, 1.165) is 17.8 Å². The van der Waals surface area contributed by atoms with Gasteiger partial charge >= 0.3 is 5.97 Å². The van der Waals surface area contributed by atoms with Gasteiger partial charge in [0.15, 0.2) is 0 Å². The highest BCUT2D eigenvalue weighted by Gasteiger charge is 2.19. The summed E-state index contributed by atoms with van der Waals surface area (Å²) in [5.74, 6) is -1.26. The number of carboxylic acids is 1. The minimum atomic E-state index is -1.01. The third-order valence-electron chi connectivity index (χ3n) is 5.00. The molecule has 4 aromatic rings. The van der Waals surface area contributed by atoms with Crippen LogP contribution in [0.2, 0.25) is 5.02 Å². The molecular weight excluding hydrogens is 411 g/mol. The number of hydrogen-bond donors (Lipinski definition) is 1. The van der Waals surface area contributed by atoms with Crippen molar-refractivity contribution in [3.63, 3.8) is 0 Å². The van der Waals surface area contributed by atoms with Crippen LogP contribution in [0.25, 0.3) is 28.6 Å². The van der Waals surface area contributed by atoms with E-state index in [1.807, 2.05) is 29.7 Å². The molecule has 4 rings (SSSR count). The second-order valence-electron chi connectivity index (χ2n) is 6.89. The Morgan fingerprint density at radius 1 is 1.27 bits per heavy atom. The smallest absolute Gasteiger partial charge is 0.303 e. The lowest BCUT2D eigenvalue weighted by atomic mass is 10.1. The number of rotatable bonds is 6. The van der Waals surface area contributed by atoms with Crippen molar-refractivity contribution in [3.8, 4) is 23.0 Å². The van der Waals surface area contributed by atoms with E-state index in [0.29, 0.717) is 5.69 Å². The molecule has 0 saturated heterocycles. The Morgan fingerprint density at radius 3 is 2.80 bits per heavy atom. The third kappa shape index (κ3) is 3.66. The van der Waals surface area contributed by atoms with Crippen LogP contribution in [0.1, 0.15) is 30.2 Å². The molecule has 7 nitrogen and oxygen atoms in total. The molecule has 0 aliphatic carbocycles. The Morgan fingerprint density at radius 2 is 2.07 bits per heavy atom. The van der Waals surface area contributed by atoms with Gasteiger partial charge in [-0.15, -0.1) is 0 Å². The SMILES string of the molecule is CCc1ccc2nc(-c3nc(-c4cc(F)c(CCC(=O)O)cc4Cl)no3)cn2c1C. The summed E-state index contributed by atoms with van der Waals surface area (Å²) in [4.78, 5) is 19.6. The van der Waals surface area contributed by atoms with E-state index in [9.17, 15) is 9.18 Å². The van der Waals surface area contributed by atoms with E-state index >= 15 is 0 Å². The molecular formula is C21H18ClFN4O3. The third-order valence-corrected chi connectivity index (χ3v) is 5.32. The van der Waals surface area contributed by atoms with E-state index in [2.05, 4.69) is 22.0 Å². The Hall–Kier alpha value is -3.26. The fourth-order valence-electron chi connectivity index (χ4n) is 3.34. The summed E-state index contributed by atoms with van der Waals surface area (Å²) in [5, 5.41) is 12.9. The molecule has 1 N–H and O–H groups in total. The summed E-state index contributed by atoms with van der Waals surface area (Å²) in [6, 6.07) is 6.55. The number of pyridine rings is 1. The van der Waals surface area contributed by atoms with Crippen LogP contribution >= 0.6 is 11.6 Å². The molecule has 0 saturated carbocycles. The summed E-state index contributed by atoms with van der Waals surface area (Å²) in [7, 11) is 0. The zero-order chi connectivity index (χ0) is 21.4. The number of aryl methyl sites for hydroxylation is 3. The summed E-state index contributed by atoms with van der Waals surface area (Å²) in [5.41, 5.74) is 4.03. The number of hydrogen-bond acceptors (Lipinski definition) is 5. The number of halogens is 2. The van der Waals surface area contributed by atoms with Gasteiger partial charge in [0.1, 0.15) is 17.2 Å². The molecule has 0 atom stereocenters. The first-order chi connectivity index (χ1) is 14.4. The van der Waals surface area contributed by atoms with Crippen molar-refractivity contribution in [1.82, 2.24) is 19.5 Å². The lowest BCUT2D eigenvalue weighted by molar-refractivity contribution is -0.136. The zero-order valence-corrected chi connectivity index (χ0v) is 17.1. The van der Waals surface area contributed by atoms with E-state index in [1.54, 1.807) is 0 Å². The highest BCUT2D eigenvalue weighted by molar-refractivity contribution is 6.33. The van der Waals surface area contributed by atoms with Crippen molar-refractivity contribution in [1.29, 1.82) is 0 Å². The fourth-order valence-corrected chi connectivity index (χ4v) is 3.61. The molecule has 0 radical (unpaired) electrons. The van der Waals surface area contributed by atoms with Crippen LogP contribution in [0.5, 0.6) is 0 Å². The van der Waals surface area contributed by atoms with Gasteiger partial charge in [-0.2, -0.15) is 4.98 Å². The Labute approximate surface area is 176 Å². The van der Waals surface area contributed by atoms with E-state index in [-0.39, 0.29) is 40.7 Å². The van der Waals surface area contributed by atoms with Crippen LogP contribution in [0.3, 0.4) is 0 Å². The van der Waals surface area contributed by atoms with Gasteiger partial charge in [-0.1, -0.05) is 29.7 Å². The quantitative estimate of drug-likeness (QED) is 0.477. The minimum absolute atomic E-state index is 0.0407. The lowest BCUT2D eigenvalue weighted by Crippen LogP contribution is -2.00. The largest absolute Gasteiger partial charge is 0.481 e. The molecule has 0 bridgehead atoms. The first-order valence-corrected chi connectivity index (χ1v) is 9.77. The standard InChI is InChI=1S/C21H18ClFN4O3/c1-3-12-4-6-18-24-17(10-27(18)11(12)2)21-25-20(26-30-21)14-9-16(23)13(8-15(14)22)5-7-19(28)29/h4,6,8-10H,3,5,7H2,1-2H3,(H,28,29).